The fourth-order valence-corrected chi connectivity index (χ4v) is 2.88. The predicted octanol–water partition coefficient (Wildman–Crippen LogP) is 5.52. The molecule has 0 saturated heterocycles. The summed E-state index contributed by atoms with van der Waals surface area (Å²) in [4.78, 5) is 11.1. The van der Waals surface area contributed by atoms with Gasteiger partial charge < -0.3 is 4.57 Å². The van der Waals surface area contributed by atoms with Gasteiger partial charge >= 0.3 is 0 Å². The van der Waals surface area contributed by atoms with Crippen molar-refractivity contribution in [2.75, 3.05) is 0 Å². The first-order chi connectivity index (χ1) is 11.3. The number of aryl methyl sites for hydroxylation is 1. The van der Waals surface area contributed by atoms with Crippen LogP contribution >= 0.6 is 0 Å². The Morgan fingerprint density at radius 2 is 1.30 bits per heavy atom. The Labute approximate surface area is 140 Å². The Kier molecular flexibility index (Phi) is 7.65. The number of benzene rings is 1. The number of hydrogen-bond donors (Lipinski definition) is 0. The average Bonchev–Trinajstić information content (AvgIpc) is 2.59. The van der Waals surface area contributed by atoms with Crippen LogP contribution in [0.3, 0.4) is 0 Å². The van der Waals surface area contributed by atoms with Crippen LogP contribution in [0.2, 0.25) is 0 Å². The molecular weight excluding hydrogens is 282 g/mol. The molecule has 1 aromatic heterocycles. The average molecular weight is 311 g/mol. The molecule has 0 atom stereocenters. The van der Waals surface area contributed by atoms with E-state index in [9.17, 15) is 4.79 Å². The highest BCUT2D eigenvalue weighted by Crippen LogP contribution is 2.13. The van der Waals surface area contributed by atoms with Crippen molar-refractivity contribution in [2.24, 2.45) is 0 Å². The van der Waals surface area contributed by atoms with Crippen molar-refractivity contribution in [1.29, 1.82) is 0 Å². The first-order valence-electron chi connectivity index (χ1n) is 9.07. The van der Waals surface area contributed by atoms with E-state index >= 15 is 0 Å². The van der Waals surface area contributed by atoms with Crippen molar-refractivity contribution in [3.05, 3.63) is 64.6 Å². The number of aromatic nitrogens is 1. The van der Waals surface area contributed by atoms with E-state index in [1.54, 1.807) is 12.1 Å². The van der Waals surface area contributed by atoms with Crippen molar-refractivity contribution in [1.82, 2.24) is 4.57 Å². The van der Waals surface area contributed by atoms with Crippen molar-refractivity contribution >= 4 is 0 Å². The molecule has 2 nitrogen and oxygen atoms in total. The van der Waals surface area contributed by atoms with Gasteiger partial charge in [0.05, 0.1) is 0 Å². The van der Waals surface area contributed by atoms with Gasteiger partial charge in [-0.3, -0.25) is 4.79 Å². The SMILES string of the molecule is CCCCCCCCCCc1ccc(-n2ccc(=O)cc2)cc1. The maximum absolute atomic E-state index is 11.1. The summed E-state index contributed by atoms with van der Waals surface area (Å²) in [6.07, 6.45) is 15.7. The van der Waals surface area contributed by atoms with Crippen LogP contribution in [0.25, 0.3) is 5.69 Å². The van der Waals surface area contributed by atoms with Gasteiger partial charge in [0.15, 0.2) is 5.43 Å². The molecule has 2 aromatic rings. The van der Waals surface area contributed by atoms with Crippen LogP contribution < -0.4 is 5.43 Å². The molecule has 0 radical (unpaired) electrons. The van der Waals surface area contributed by atoms with Crippen LogP contribution in [0.1, 0.15) is 63.9 Å². The van der Waals surface area contributed by atoms with Gasteiger partial charge in [0.1, 0.15) is 0 Å². The third-order valence-electron chi connectivity index (χ3n) is 4.35. The van der Waals surface area contributed by atoms with E-state index in [0.29, 0.717) is 0 Å². The molecule has 23 heavy (non-hydrogen) atoms. The molecule has 0 bridgehead atoms. The van der Waals surface area contributed by atoms with E-state index in [4.69, 9.17) is 0 Å². The van der Waals surface area contributed by atoms with Crippen LogP contribution in [0, 0.1) is 0 Å². The molecule has 0 N–H and O–H groups in total. The van der Waals surface area contributed by atoms with E-state index in [1.165, 1.54) is 63.4 Å². The molecule has 1 heterocycles. The summed E-state index contributed by atoms with van der Waals surface area (Å²) in [5.41, 5.74) is 2.55. The van der Waals surface area contributed by atoms with Crippen LogP contribution in [-0.4, -0.2) is 4.57 Å². The van der Waals surface area contributed by atoms with Gasteiger partial charge in [-0.25, -0.2) is 0 Å². The molecule has 0 fully saturated rings. The van der Waals surface area contributed by atoms with Crippen LogP contribution in [0.5, 0.6) is 0 Å². The zero-order chi connectivity index (χ0) is 16.3. The standard InChI is InChI=1S/C21H29NO/c1-2-3-4-5-6-7-8-9-10-19-11-13-20(14-12-19)22-17-15-21(23)16-18-22/h11-18H,2-10H2,1H3. The zero-order valence-electron chi connectivity index (χ0n) is 14.3. The van der Waals surface area contributed by atoms with Crippen molar-refractivity contribution in [2.45, 2.75) is 64.7 Å². The molecule has 0 aliphatic rings. The van der Waals surface area contributed by atoms with E-state index in [1.807, 2.05) is 17.0 Å². The highest BCUT2D eigenvalue weighted by molar-refractivity contribution is 5.35. The molecule has 124 valence electrons. The van der Waals surface area contributed by atoms with Crippen LogP contribution in [0.4, 0.5) is 0 Å². The second-order valence-corrected chi connectivity index (χ2v) is 6.33. The van der Waals surface area contributed by atoms with Gasteiger partial charge in [-0.2, -0.15) is 0 Å². The van der Waals surface area contributed by atoms with Crippen molar-refractivity contribution < 1.29 is 0 Å². The molecule has 0 spiro atoms. The fraction of sp³-hybridized carbons (Fsp3) is 0.476. The summed E-state index contributed by atoms with van der Waals surface area (Å²) in [6.45, 7) is 2.27. The molecule has 1 aromatic carbocycles. The highest BCUT2D eigenvalue weighted by Gasteiger charge is 1.97. The largest absolute Gasteiger partial charge is 0.324 e. The minimum Gasteiger partial charge on any atom is -0.324 e. The summed E-state index contributed by atoms with van der Waals surface area (Å²) in [5, 5.41) is 0. The fourth-order valence-electron chi connectivity index (χ4n) is 2.88. The second kappa shape index (κ2) is 10.0. The lowest BCUT2D eigenvalue weighted by Crippen LogP contribution is -2.01. The number of hydrogen-bond acceptors (Lipinski definition) is 1. The maximum atomic E-state index is 11.1. The summed E-state index contributed by atoms with van der Waals surface area (Å²) < 4.78 is 1.97. The van der Waals surface area contributed by atoms with Gasteiger partial charge in [0.2, 0.25) is 0 Å². The zero-order valence-corrected chi connectivity index (χ0v) is 14.3. The molecule has 2 heteroatoms. The molecule has 0 aliphatic carbocycles. The van der Waals surface area contributed by atoms with Gasteiger partial charge in [-0.05, 0) is 30.5 Å². The quantitative estimate of drug-likeness (QED) is 0.529. The lowest BCUT2D eigenvalue weighted by molar-refractivity contribution is 0.575. The monoisotopic (exact) mass is 311 g/mol. The van der Waals surface area contributed by atoms with Crippen LogP contribution in [-0.2, 0) is 6.42 Å². The molecular formula is C21H29NO. The summed E-state index contributed by atoms with van der Waals surface area (Å²) >= 11 is 0. The maximum Gasteiger partial charge on any atom is 0.181 e. The first kappa shape index (κ1) is 17.5. The Balaban J connectivity index is 1.69. The molecule has 2 rings (SSSR count). The van der Waals surface area contributed by atoms with E-state index in [-0.39, 0.29) is 5.43 Å². The lowest BCUT2D eigenvalue weighted by atomic mass is 10.0. The van der Waals surface area contributed by atoms with E-state index in [2.05, 4.69) is 31.2 Å². The molecule has 0 saturated carbocycles. The second-order valence-electron chi connectivity index (χ2n) is 6.33. The molecule has 0 aliphatic heterocycles. The summed E-state index contributed by atoms with van der Waals surface area (Å²) in [6, 6.07) is 11.8. The number of pyridine rings is 1. The summed E-state index contributed by atoms with van der Waals surface area (Å²) in [7, 11) is 0. The van der Waals surface area contributed by atoms with E-state index in [0.717, 1.165) is 5.69 Å². The lowest BCUT2D eigenvalue weighted by Gasteiger charge is -2.07. The smallest absolute Gasteiger partial charge is 0.181 e. The van der Waals surface area contributed by atoms with Crippen LogP contribution in [0.15, 0.2) is 53.6 Å². The van der Waals surface area contributed by atoms with Gasteiger partial charge in [0.25, 0.3) is 0 Å². The number of unbranched alkanes of at least 4 members (excludes halogenated alkanes) is 7. The third-order valence-corrected chi connectivity index (χ3v) is 4.35. The van der Waals surface area contributed by atoms with Gasteiger partial charge in [0, 0.05) is 30.2 Å². The Morgan fingerprint density at radius 1 is 0.739 bits per heavy atom. The predicted molar refractivity (Wildman–Crippen MR) is 98.4 cm³/mol. The number of nitrogens with zero attached hydrogens (tertiary/aromatic N) is 1. The minimum absolute atomic E-state index is 0.0487. The molecule has 0 amide bonds. The van der Waals surface area contributed by atoms with Crippen molar-refractivity contribution in [3.8, 4) is 5.69 Å². The summed E-state index contributed by atoms with van der Waals surface area (Å²) in [5.74, 6) is 0. The highest BCUT2D eigenvalue weighted by atomic mass is 16.1. The van der Waals surface area contributed by atoms with E-state index < -0.39 is 0 Å². The normalized spacial score (nSPS) is 10.8. The van der Waals surface area contributed by atoms with Crippen molar-refractivity contribution in [3.63, 3.8) is 0 Å². The third kappa shape index (κ3) is 6.43. The molecule has 0 unspecified atom stereocenters. The Hall–Kier alpha value is -1.83. The first-order valence-corrected chi connectivity index (χ1v) is 9.07. The van der Waals surface area contributed by atoms with Gasteiger partial charge in [-0.1, -0.05) is 64.0 Å². The Morgan fingerprint density at radius 3 is 1.91 bits per heavy atom. The number of rotatable bonds is 10. The van der Waals surface area contributed by atoms with Gasteiger partial charge in [-0.15, -0.1) is 0 Å². The Bertz CT molecular complexity index is 592. The topological polar surface area (TPSA) is 22.0 Å². The minimum atomic E-state index is 0.0487.